The van der Waals surface area contributed by atoms with Crippen LogP contribution in [0.2, 0.25) is 0 Å². The van der Waals surface area contributed by atoms with Gasteiger partial charge < -0.3 is 0 Å². The summed E-state index contributed by atoms with van der Waals surface area (Å²) in [5.74, 6) is 0.384. The van der Waals surface area contributed by atoms with Crippen molar-refractivity contribution < 1.29 is 0 Å². The van der Waals surface area contributed by atoms with E-state index < -0.39 is 0 Å². The molecule has 1 aromatic heterocycles. The van der Waals surface area contributed by atoms with Crippen molar-refractivity contribution in [2.75, 3.05) is 0 Å². The van der Waals surface area contributed by atoms with Gasteiger partial charge in [0.15, 0.2) is 0 Å². The third kappa shape index (κ3) is 2.27. The van der Waals surface area contributed by atoms with Crippen LogP contribution in [-0.2, 0) is 0 Å². The van der Waals surface area contributed by atoms with E-state index in [2.05, 4.69) is 46.4 Å². The first kappa shape index (κ1) is 11.6. The van der Waals surface area contributed by atoms with Crippen molar-refractivity contribution in [3.05, 3.63) is 54.8 Å². The maximum Gasteiger partial charge on any atom is 0.123 e. The number of allylic oxidation sites excluding steroid dienone is 1. The molecule has 96 valence electrons. The Kier molecular flexibility index (Phi) is 2.87. The largest absolute Gasteiger partial charge is 0.288 e. The lowest BCUT2D eigenvalue weighted by Crippen LogP contribution is -2.25. The molecule has 0 saturated heterocycles. The van der Waals surface area contributed by atoms with E-state index in [9.17, 15) is 0 Å². The van der Waals surface area contributed by atoms with E-state index in [-0.39, 0.29) is 0 Å². The van der Waals surface area contributed by atoms with Gasteiger partial charge in [0.25, 0.3) is 0 Å². The van der Waals surface area contributed by atoms with Crippen LogP contribution in [0.4, 0.5) is 0 Å². The van der Waals surface area contributed by atoms with Crippen molar-refractivity contribution >= 4 is 5.71 Å². The van der Waals surface area contributed by atoms with Crippen LogP contribution in [0.5, 0.6) is 0 Å². The highest BCUT2D eigenvalue weighted by Crippen LogP contribution is 2.20. The summed E-state index contributed by atoms with van der Waals surface area (Å²) < 4.78 is 1.87. The SMILES string of the molecule is C=C1C[C@@H](C)C(c2ccc(-n3cnnc3)cc2)=NN1. The van der Waals surface area contributed by atoms with E-state index >= 15 is 0 Å². The molecule has 3 rings (SSSR count). The van der Waals surface area contributed by atoms with E-state index in [4.69, 9.17) is 0 Å². The fourth-order valence-electron chi connectivity index (χ4n) is 2.25. The molecule has 1 N–H and O–H groups in total. The zero-order valence-electron chi connectivity index (χ0n) is 10.7. The monoisotopic (exact) mass is 253 g/mol. The second-order valence-electron chi connectivity index (χ2n) is 4.73. The molecule has 0 unspecified atom stereocenters. The number of aromatic nitrogens is 3. The molecule has 2 heterocycles. The number of hydrogen-bond donors (Lipinski definition) is 1. The van der Waals surface area contributed by atoms with E-state index in [1.807, 2.05) is 16.7 Å². The van der Waals surface area contributed by atoms with Crippen LogP contribution in [0.15, 0.2) is 54.3 Å². The molecule has 2 aromatic rings. The lowest BCUT2D eigenvalue weighted by molar-refractivity contribution is 0.653. The topological polar surface area (TPSA) is 55.1 Å². The number of rotatable bonds is 2. The Morgan fingerprint density at radius 3 is 2.53 bits per heavy atom. The van der Waals surface area contributed by atoms with Gasteiger partial charge in [-0.1, -0.05) is 25.6 Å². The smallest absolute Gasteiger partial charge is 0.123 e. The molecule has 0 amide bonds. The predicted molar refractivity (Wildman–Crippen MR) is 74.0 cm³/mol. The van der Waals surface area contributed by atoms with Gasteiger partial charge in [-0.3, -0.25) is 9.99 Å². The Bertz CT molecular complexity index is 610. The second kappa shape index (κ2) is 4.68. The highest BCUT2D eigenvalue weighted by atomic mass is 15.3. The zero-order chi connectivity index (χ0) is 13.2. The van der Waals surface area contributed by atoms with Crippen molar-refractivity contribution in [3.8, 4) is 5.69 Å². The average Bonchev–Trinajstić information content (AvgIpc) is 2.93. The zero-order valence-corrected chi connectivity index (χ0v) is 10.7. The first-order valence-electron chi connectivity index (χ1n) is 6.21. The molecule has 1 aliphatic heterocycles. The van der Waals surface area contributed by atoms with Gasteiger partial charge in [-0.25, -0.2) is 0 Å². The molecule has 19 heavy (non-hydrogen) atoms. The average molecular weight is 253 g/mol. The van der Waals surface area contributed by atoms with Crippen molar-refractivity contribution in [1.29, 1.82) is 0 Å². The normalized spacial score (nSPS) is 18.9. The van der Waals surface area contributed by atoms with Gasteiger partial charge in [0.05, 0.1) is 5.71 Å². The summed E-state index contributed by atoms with van der Waals surface area (Å²) >= 11 is 0. The maximum atomic E-state index is 4.39. The molecule has 0 saturated carbocycles. The second-order valence-corrected chi connectivity index (χ2v) is 4.73. The van der Waals surface area contributed by atoms with E-state index in [0.29, 0.717) is 5.92 Å². The van der Waals surface area contributed by atoms with Gasteiger partial charge in [0.1, 0.15) is 12.7 Å². The Morgan fingerprint density at radius 2 is 1.89 bits per heavy atom. The summed E-state index contributed by atoms with van der Waals surface area (Å²) in [7, 11) is 0. The van der Waals surface area contributed by atoms with Gasteiger partial charge in [-0.15, -0.1) is 10.2 Å². The van der Waals surface area contributed by atoms with E-state index in [0.717, 1.165) is 29.1 Å². The molecule has 0 bridgehead atoms. The van der Waals surface area contributed by atoms with Crippen molar-refractivity contribution in [1.82, 2.24) is 20.2 Å². The molecule has 0 aliphatic carbocycles. The summed E-state index contributed by atoms with van der Waals surface area (Å²) in [4.78, 5) is 0. The van der Waals surface area contributed by atoms with Crippen molar-refractivity contribution in [2.45, 2.75) is 13.3 Å². The number of nitrogens with zero attached hydrogens (tertiary/aromatic N) is 4. The molecule has 5 heteroatoms. The molecular formula is C14H15N5. The molecule has 5 nitrogen and oxygen atoms in total. The number of hydrogen-bond acceptors (Lipinski definition) is 4. The molecule has 0 radical (unpaired) electrons. The first-order valence-corrected chi connectivity index (χ1v) is 6.21. The third-order valence-electron chi connectivity index (χ3n) is 3.23. The Morgan fingerprint density at radius 1 is 1.21 bits per heavy atom. The number of benzene rings is 1. The van der Waals surface area contributed by atoms with Gasteiger partial charge in [-0.05, 0) is 24.1 Å². The Hall–Kier alpha value is -2.43. The van der Waals surface area contributed by atoms with Crippen LogP contribution in [0, 0.1) is 5.92 Å². The minimum absolute atomic E-state index is 0.384. The van der Waals surface area contributed by atoms with Crippen molar-refractivity contribution in [2.24, 2.45) is 11.0 Å². The predicted octanol–water partition coefficient (Wildman–Crippen LogP) is 2.11. The summed E-state index contributed by atoms with van der Waals surface area (Å²) in [6.07, 6.45) is 4.29. The quantitative estimate of drug-likeness (QED) is 0.891. The van der Waals surface area contributed by atoms with Gasteiger partial charge >= 0.3 is 0 Å². The first-order chi connectivity index (χ1) is 9.24. The van der Waals surface area contributed by atoms with Gasteiger partial charge in [-0.2, -0.15) is 5.10 Å². The van der Waals surface area contributed by atoms with Crippen LogP contribution < -0.4 is 5.43 Å². The fourth-order valence-corrected chi connectivity index (χ4v) is 2.25. The fraction of sp³-hybridized carbons (Fsp3) is 0.214. The number of hydrazone groups is 1. The highest BCUT2D eigenvalue weighted by molar-refractivity contribution is 6.02. The van der Waals surface area contributed by atoms with Crippen LogP contribution >= 0.6 is 0 Å². The molecule has 1 aromatic carbocycles. The lowest BCUT2D eigenvalue weighted by atomic mass is 9.93. The lowest BCUT2D eigenvalue weighted by Gasteiger charge is -2.22. The standard InChI is InChI=1S/C14H15N5/c1-10-7-11(2)17-18-14(10)12-3-5-13(6-4-12)19-8-15-16-9-19/h3-6,8-10,17H,2,7H2,1H3/t10-/m1/s1. The third-order valence-corrected chi connectivity index (χ3v) is 3.23. The molecule has 1 atom stereocenters. The molecule has 1 aliphatic rings. The number of nitrogens with one attached hydrogen (secondary N) is 1. The van der Waals surface area contributed by atoms with Crippen LogP contribution in [0.1, 0.15) is 18.9 Å². The Balaban J connectivity index is 1.89. The van der Waals surface area contributed by atoms with E-state index in [1.165, 1.54) is 0 Å². The van der Waals surface area contributed by atoms with Crippen LogP contribution in [0.25, 0.3) is 5.69 Å². The van der Waals surface area contributed by atoms with Crippen LogP contribution in [-0.4, -0.2) is 20.5 Å². The minimum Gasteiger partial charge on any atom is -0.288 e. The summed E-state index contributed by atoms with van der Waals surface area (Å²) in [6, 6.07) is 8.22. The summed E-state index contributed by atoms with van der Waals surface area (Å²) in [6.45, 7) is 6.07. The maximum absolute atomic E-state index is 4.39. The van der Waals surface area contributed by atoms with Gasteiger partial charge in [0.2, 0.25) is 0 Å². The minimum atomic E-state index is 0.384. The molecular weight excluding hydrogens is 238 g/mol. The van der Waals surface area contributed by atoms with E-state index in [1.54, 1.807) is 12.7 Å². The highest BCUT2D eigenvalue weighted by Gasteiger charge is 2.18. The molecule has 0 fully saturated rings. The van der Waals surface area contributed by atoms with Gasteiger partial charge in [0, 0.05) is 17.3 Å². The van der Waals surface area contributed by atoms with Crippen LogP contribution in [0.3, 0.4) is 0 Å². The Labute approximate surface area is 111 Å². The summed E-state index contributed by atoms with van der Waals surface area (Å²) in [5.41, 5.74) is 7.18. The molecule has 0 spiro atoms. The summed E-state index contributed by atoms with van der Waals surface area (Å²) in [5, 5.41) is 12.0. The van der Waals surface area contributed by atoms with Crippen molar-refractivity contribution in [3.63, 3.8) is 0 Å².